The number of nitrogens with two attached hydrogens (primary N) is 2. The lowest BCUT2D eigenvalue weighted by molar-refractivity contribution is 0.305. The summed E-state index contributed by atoms with van der Waals surface area (Å²) in [4.78, 5) is 3.31. The number of nitrogens with one attached hydrogen (secondary N) is 2. The lowest BCUT2D eigenvalue weighted by atomic mass is 9.85. The number of rotatable bonds is 12. The maximum Gasteiger partial charge on any atom is 0.266 e. The Kier molecular flexibility index (Phi) is 7.61. The number of sulfonamides is 1. The molecule has 8 nitrogen and oxygen atoms in total. The van der Waals surface area contributed by atoms with Crippen molar-refractivity contribution in [3.8, 4) is 0 Å². The van der Waals surface area contributed by atoms with E-state index >= 15 is 0 Å². The first-order valence-corrected chi connectivity index (χ1v) is 12.3. The summed E-state index contributed by atoms with van der Waals surface area (Å²) in [6.45, 7) is 3.24. The van der Waals surface area contributed by atoms with Gasteiger partial charge in [0.25, 0.3) is 10.0 Å². The van der Waals surface area contributed by atoms with E-state index < -0.39 is 20.7 Å². The van der Waals surface area contributed by atoms with Crippen LogP contribution in [0.15, 0.2) is 29.4 Å². The molecule has 0 saturated heterocycles. The summed E-state index contributed by atoms with van der Waals surface area (Å²) >= 11 is 0.876. The van der Waals surface area contributed by atoms with Crippen LogP contribution in [0.1, 0.15) is 32.6 Å². The zero-order valence-corrected chi connectivity index (χ0v) is 18.6. The van der Waals surface area contributed by atoms with Gasteiger partial charge in [0.1, 0.15) is 17.0 Å². The van der Waals surface area contributed by atoms with E-state index in [4.69, 9.17) is 11.5 Å². The Bertz CT molecular complexity index is 919. The molecule has 1 saturated carbocycles. The molecule has 3 rings (SSSR count). The fraction of sp³-hybridized carbons (Fsp3) is 0.579. The standard InChI is InChI=1S/C19H29FN6O2S2/c1-12(22)15(8-14(6-7-21)13-2-3-13)10-23-16-4-5-18(17(20)9-16)30(27,28)26-19-24-11-25-29-19/h4-5,9,11-15,23H,2-3,6-8,10,21-22H2,1H3,(H,24,25,26)/t12-,14?,15+/m1/s1. The van der Waals surface area contributed by atoms with E-state index in [2.05, 4.69) is 19.4 Å². The summed E-state index contributed by atoms with van der Waals surface area (Å²) in [6.07, 6.45) is 5.72. The SMILES string of the molecule is C[C@@H](N)[C@H](CNc1ccc(S(=O)(=O)Nc2ncns2)c(F)c1)CC(CCN)C1CC1. The van der Waals surface area contributed by atoms with E-state index in [1.54, 1.807) is 6.07 Å². The second kappa shape index (κ2) is 9.99. The van der Waals surface area contributed by atoms with Gasteiger partial charge in [-0.05, 0) is 75.1 Å². The smallest absolute Gasteiger partial charge is 0.266 e. The minimum atomic E-state index is -4.08. The van der Waals surface area contributed by atoms with Gasteiger partial charge < -0.3 is 16.8 Å². The van der Waals surface area contributed by atoms with Gasteiger partial charge in [-0.25, -0.2) is 17.8 Å². The molecule has 1 unspecified atom stereocenters. The van der Waals surface area contributed by atoms with E-state index in [1.165, 1.54) is 31.3 Å². The van der Waals surface area contributed by atoms with Crippen LogP contribution in [0.5, 0.6) is 0 Å². The third kappa shape index (κ3) is 6.10. The predicted octanol–water partition coefficient (Wildman–Crippen LogP) is 2.62. The molecule has 0 spiro atoms. The topological polar surface area (TPSA) is 136 Å². The van der Waals surface area contributed by atoms with E-state index in [0.29, 0.717) is 24.7 Å². The van der Waals surface area contributed by atoms with Gasteiger partial charge in [-0.15, -0.1) is 0 Å². The Labute approximate surface area is 180 Å². The largest absolute Gasteiger partial charge is 0.385 e. The quantitative estimate of drug-likeness (QED) is 0.385. The van der Waals surface area contributed by atoms with Crippen molar-refractivity contribution in [2.45, 2.75) is 43.5 Å². The predicted molar refractivity (Wildman–Crippen MR) is 117 cm³/mol. The average molecular weight is 457 g/mol. The van der Waals surface area contributed by atoms with E-state index in [0.717, 1.165) is 30.3 Å². The summed E-state index contributed by atoms with van der Waals surface area (Å²) in [7, 11) is -4.08. The minimum absolute atomic E-state index is 0.0165. The Morgan fingerprint density at radius 2 is 2.13 bits per heavy atom. The molecule has 3 atom stereocenters. The first kappa shape index (κ1) is 22.9. The zero-order chi connectivity index (χ0) is 21.7. The van der Waals surface area contributed by atoms with Gasteiger partial charge in [-0.3, -0.25) is 4.72 Å². The van der Waals surface area contributed by atoms with Crippen molar-refractivity contribution < 1.29 is 12.8 Å². The van der Waals surface area contributed by atoms with Gasteiger partial charge in [-0.2, -0.15) is 4.37 Å². The Morgan fingerprint density at radius 3 is 2.70 bits per heavy atom. The zero-order valence-electron chi connectivity index (χ0n) is 16.9. The highest BCUT2D eigenvalue weighted by Crippen LogP contribution is 2.41. The molecular formula is C19H29FN6O2S2. The minimum Gasteiger partial charge on any atom is -0.385 e. The number of benzene rings is 1. The van der Waals surface area contributed by atoms with Crippen LogP contribution in [0.2, 0.25) is 0 Å². The monoisotopic (exact) mass is 456 g/mol. The number of hydrogen-bond acceptors (Lipinski definition) is 8. The fourth-order valence-electron chi connectivity index (χ4n) is 3.67. The van der Waals surface area contributed by atoms with Crippen molar-refractivity contribution in [2.24, 2.45) is 29.2 Å². The van der Waals surface area contributed by atoms with Crippen LogP contribution >= 0.6 is 11.5 Å². The summed E-state index contributed by atoms with van der Waals surface area (Å²) in [5.74, 6) is 0.696. The lowest BCUT2D eigenvalue weighted by Gasteiger charge is -2.27. The highest BCUT2D eigenvalue weighted by Gasteiger charge is 2.33. The van der Waals surface area contributed by atoms with Crippen LogP contribution in [-0.2, 0) is 10.0 Å². The molecule has 30 heavy (non-hydrogen) atoms. The molecule has 1 aliphatic carbocycles. The van der Waals surface area contributed by atoms with Gasteiger partial charge in [-0.1, -0.05) is 0 Å². The number of hydrogen-bond donors (Lipinski definition) is 4. The number of halogens is 1. The highest BCUT2D eigenvalue weighted by molar-refractivity contribution is 7.93. The molecule has 11 heteroatoms. The Morgan fingerprint density at radius 1 is 1.37 bits per heavy atom. The van der Waals surface area contributed by atoms with Gasteiger partial charge in [0.15, 0.2) is 0 Å². The molecule has 166 valence electrons. The molecule has 0 radical (unpaired) electrons. The van der Waals surface area contributed by atoms with Crippen molar-refractivity contribution in [2.75, 3.05) is 23.1 Å². The molecule has 1 heterocycles. The molecule has 6 N–H and O–H groups in total. The lowest BCUT2D eigenvalue weighted by Crippen LogP contribution is -2.34. The Balaban J connectivity index is 1.64. The summed E-state index contributed by atoms with van der Waals surface area (Å²) in [5, 5.41) is 3.29. The van der Waals surface area contributed by atoms with Crippen molar-refractivity contribution in [1.82, 2.24) is 9.36 Å². The molecule has 0 amide bonds. The molecule has 1 fully saturated rings. The average Bonchev–Trinajstić information content (AvgIpc) is 3.41. The summed E-state index contributed by atoms with van der Waals surface area (Å²) in [6, 6.07) is 3.96. The maximum atomic E-state index is 14.6. The first-order chi connectivity index (χ1) is 14.3. The first-order valence-electron chi connectivity index (χ1n) is 10.1. The fourth-order valence-corrected chi connectivity index (χ4v) is 5.39. The van der Waals surface area contributed by atoms with E-state index in [9.17, 15) is 12.8 Å². The third-order valence-corrected chi connectivity index (χ3v) is 7.63. The molecule has 0 aliphatic heterocycles. The van der Waals surface area contributed by atoms with Gasteiger partial charge in [0.2, 0.25) is 5.13 Å². The molecule has 0 bridgehead atoms. The van der Waals surface area contributed by atoms with Gasteiger partial charge >= 0.3 is 0 Å². The Hall–Kier alpha value is -1.82. The number of aromatic nitrogens is 2. The van der Waals surface area contributed by atoms with Crippen molar-refractivity contribution in [3.63, 3.8) is 0 Å². The van der Waals surface area contributed by atoms with Crippen LogP contribution in [-0.4, -0.2) is 36.9 Å². The van der Waals surface area contributed by atoms with Crippen LogP contribution in [0, 0.1) is 23.6 Å². The van der Waals surface area contributed by atoms with E-state index in [1.807, 2.05) is 6.92 Å². The van der Waals surface area contributed by atoms with E-state index in [-0.39, 0.29) is 17.1 Å². The normalized spacial score (nSPS) is 17.3. The molecule has 1 aromatic heterocycles. The molecular weight excluding hydrogens is 427 g/mol. The molecule has 2 aromatic rings. The summed E-state index contributed by atoms with van der Waals surface area (Å²) in [5.41, 5.74) is 12.5. The van der Waals surface area contributed by atoms with Crippen LogP contribution < -0.4 is 21.5 Å². The van der Waals surface area contributed by atoms with Gasteiger partial charge in [0.05, 0.1) is 0 Å². The molecule has 1 aliphatic rings. The second-order valence-electron chi connectivity index (χ2n) is 7.91. The van der Waals surface area contributed by atoms with Gasteiger partial charge in [0, 0.05) is 29.8 Å². The second-order valence-corrected chi connectivity index (χ2v) is 10.3. The third-order valence-electron chi connectivity index (χ3n) is 5.55. The molecule has 1 aromatic carbocycles. The number of nitrogens with zero attached hydrogens (tertiary/aromatic N) is 2. The van der Waals surface area contributed by atoms with Crippen molar-refractivity contribution >= 4 is 32.4 Å². The maximum absolute atomic E-state index is 14.6. The highest BCUT2D eigenvalue weighted by atomic mass is 32.2. The van der Waals surface area contributed by atoms with Crippen LogP contribution in [0.25, 0.3) is 0 Å². The van der Waals surface area contributed by atoms with Crippen molar-refractivity contribution in [1.29, 1.82) is 0 Å². The van der Waals surface area contributed by atoms with Crippen LogP contribution in [0.4, 0.5) is 15.2 Å². The number of anilines is 2. The van der Waals surface area contributed by atoms with Crippen molar-refractivity contribution in [3.05, 3.63) is 30.3 Å². The summed E-state index contributed by atoms with van der Waals surface area (Å²) < 4.78 is 45.3. The van der Waals surface area contributed by atoms with Crippen LogP contribution in [0.3, 0.4) is 0 Å².